The summed E-state index contributed by atoms with van der Waals surface area (Å²) in [6.07, 6.45) is 2.77. The topological polar surface area (TPSA) is 86.2 Å². The van der Waals surface area contributed by atoms with E-state index in [1.807, 2.05) is 6.92 Å². The molecule has 1 aliphatic rings. The second-order valence-electron chi connectivity index (χ2n) is 5.42. The predicted molar refractivity (Wildman–Crippen MR) is 84.8 cm³/mol. The highest BCUT2D eigenvalue weighted by Crippen LogP contribution is 2.31. The second-order valence-corrected chi connectivity index (χ2v) is 5.42. The number of hydrogen-bond donors (Lipinski definition) is 3. The maximum atomic E-state index is 10.2. The Labute approximate surface area is 126 Å². The molecule has 3 N–H and O–H groups in total. The van der Waals surface area contributed by atoms with E-state index >= 15 is 0 Å². The smallest absolute Gasteiger partial charge is 0.231 e. The number of nitrogens with zero attached hydrogens (tertiary/aromatic N) is 4. The normalized spacial score (nSPS) is 16.2. The van der Waals surface area contributed by atoms with Gasteiger partial charge in [0, 0.05) is 26.2 Å². The molecule has 1 heterocycles. The first kappa shape index (κ1) is 15.8. The van der Waals surface area contributed by atoms with Crippen LogP contribution in [0, 0.1) is 0 Å². The molecule has 118 valence electrons. The van der Waals surface area contributed by atoms with Crippen molar-refractivity contribution in [3.63, 3.8) is 0 Å². The summed E-state index contributed by atoms with van der Waals surface area (Å²) in [5.41, 5.74) is -0.597. The van der Waals surface area contributed by atoms with Crippen LogP contribution in [-0.4, -0.2) is 51.8 Å². The number of anilines is 3. The van der Waals surface area contributed by atoms with Crippen molar-refractivity contribution in [3.8, 4) is 0 Å². The number of aliphatic hydroxyl groups is 1. The summed E-state index contributed by atoms with van der Waals surface area (Å²) in [6, 6.07) is 0. The third-order valence-corrected chi connectivity index (χ3v) is 3.86. The Hall–Kier alpha value is -1.63. The predicted octanol–water partition coefficient (Wildman–Crippen LogP) is 1.48. The molecule has 1 aromatic rings. The van der Waals surface area contributed by atoms with Gasteiger partial charge in [-0.2, -0.15) is 15.0 Å². The van der Waals surface area contributed by atoms with Gasteiger partial charge in [0.05, 0.1) is 5.60 Å². The van der Waals surface area contributed by atoms with Crippen LogP contribution in [0.1, 0.15) is 40.0 Å². The van der Waals surface area contributed by atoms with Gasteiger partial charge in [0.25, 0.3) is 0 Å². The lowest BCUT2D eigenvalue weighted by atomic mass is 9.80. The number of hydrogen-bond acceptors (Lipinski definition) is 7. The number of aromatic nitrogens is 3. The van der Waals surface area contributed by atoms with E-state index in [1.54, 1.807) is 0 Å². The Morgan fingerprint density at radius 3 is 2.14 bits per heavy atom. The third-order valence-electron chi connectivity index (χ3n) is 3.86. The van der Waals surface area contributed by atoms with Gasteiger partial charge in [-0.1, -0.05) is 0 Å². The highest BCUT2D eigenvalue weighted by atomic mass is 16.3. The van der Waals surface area contributed by atoms with Crippen molar-refractivity contribution < 1.29 is 5.11 Å². The Bertz CT molecular complexity index is 459. The van der Waals surface area contributed by atoms with Gasteiger partial charge >= 0.3 is 0 Å². The molecule has 1 fully saturated rings. The van der Waals surface area contributed by atoms with Crippen molar-refractivity contribution in [2.45, 2.75) is 45.6 Å². The van der Waals surface area contributed by atoms with Crippen molar-refractivity contribution in [2.24, 2.45) is 0 Å². The molecule has 7 nitrogen and oxygen atoms in total. The van der Waals surface area contributed by atoms with Gasteiger partial charge in [-0.05, 0) is 40.0 Å². The number of nitrogens with one attached hydrogen (secondary N) is 2. The van der Waals surface area contributed by atoms with Crippen molar-refractivity contribution in [1.29, 1.82) is 0 Å². The van der Waals surface area contributed by atoms with E-state index in [-0.39, 0.29) is 0 Å². The van der Waals surface area contributed by atoms with Gasteiger partial charge in [0.2, 0.25) is 17.8 Å². The van der Waals surface area contributed by atoms with Gasteiger partial charge < -0.3 is 20.6 Å². The lowest BCUT2D eigenvalue weighted by Gasteiger charge is -2.36. The summed E-state index contributed by atoms with van der Waals surface area (Å²) in [6.45, 7) is 9.08. The average molecular weight is 294 g/mol. The zero-order chi connectivity index (χ0) is 15.3. The Kier molecular flexibility index (Phi) is 5.17. The maximum Gasteiger partial charge on any atom is 0.231 e. The summed E-state index contributed by atoms with van der Waals surface area (Å²) < 4.78 is 0. The summed E-state index contributed by atoms with van der Waals surface area (Å²) in [5, 5.41) is 16.4. The fourth-order valence-corrected chi connectivity index (χ4v) is 2.33. The van der Waals surface area contributed by atoms with E-state index in [4.69, 9.17) is 0 Å². The molecule has 1 saturated carbocycles. The van der Waals surface area contributed by atoms with E-state index < -0.39 is 5.60 Å². The summed E-state index contributed by atoms with van der Waals surface area (Å²) in [4.78, 5) is 15.3. The average Bonchev–Trinajstić information content (AvgIpc) is 2.45. The molecule has 0 spiro atoms. The summed E-state index contributed by atoms with van der Waals surface area (Å²) >= 11 is 0. The molecule has 21 heavy (non-hydrogen) atoms. The van der Waals surface area contributed by atoms with E-state index in [0.717, 1.165) is 38.9 Å². The minimum absolute atomic E-state index is 0.486. The number of rotatable bonds is 8. The maximum absolute atomic E-state index is 10.2. The molecule has 0 radical (unpaired) electrons. The molecule has 0 bridgehead atoms. The van der Waals surface area contributed by atoms with Crippen LogP contribution >= 0.6 is 0 Å². The first-order valence-electron chi connectivity index (χ1n) is 7.81. The minimum atomic E-state index is -0.597. The van der Waals surface area contributed by atoms with Gasteiger partial charge in [-0.15, -0.1) is 0 Å². The van der Waals surface area contributed by atoms with Gasteiger partial charge in [0.15, 0.2) is 0 Å². The third kappa shape index (κ3) is 3.93. The van der Waals surface area contributed by atoms with Crippen LogP contribution < -0.4 is 15.5 Å². The summed E-state index contributed by atoms with van der Waals surface area (Å²) in [5.74, 6) is 1.75. The van der Waals surface area contributed by atoms with Crippen LogP contribution in [-0.2, 0) is 0 Å². The molecule has 0 aromatic carbocycles. The largest absolute Gasteiger partial charge is 0.388 e. The molecule has 0 saturated heterocycles. The van der Waals surface area contributed by atoms with E-state index in [0.29, 0.717) is 24.4 Å². The molecule has 0 atom stereocenters. The molecule has 1 aliphatic carbocycles. The summed E-state index contributed by atoms with van der Waals surface area (Å²) in [7, 11) is 0. The molecule has 2 rings (SSSR count). The lowest BCUT2D eigenvalue weighted by molar-refractivity contribution is -0.0203. The van der Waals surface area contributed by atoms with Crippen LogP contribution in [0.25, 0.3) is 0 Å². The Morgan fingerprint density at radius 1 is 1.05 bits per heavy atom. The van der Waals surface area contributed by atoms with Crippen molar-refractivity contribution in [1.82, 2.24) is 15.0 Å². The first-order chi connectivity index (χ1) is 10.1. The van der Waals surface area contributed by atoms with Gasteiger partial charge in [0.1, 0.15) is 0 Å². The van der Waals surface area contributed by atoms with Gasteiger partial charge in [-0.25, -0.2) is 0 Å². The van der Waals surface area contributed by atoms with Crippen molar-refractivity contribution >= 4 is 17.8 Å². The molecule has 0 aliphatic heterocycles. The highest BCUT2D eigenvalue weighted by Gasteiger charge is 2.34. The SMILES string of the molecule is CCNc1nc(NCC2(O)CCC2)nc(N(CC)CC)n1. The minimum Gasteiger partial charge on any atom is -0.388 e. The van der Waals surface area contributed by atoms with Crippen LogP contribution in [0.5, 0.6) is 0 Å². The van der Waals surface area contributed by atoms with Crippen LogP contribution in [0.3, 0.4) is 0 Å². The molecule has 0 unspecified atom stereocenters. The van der Waals surface area contributed by atoms with E-state index in [9.17, 15) is 5.11 Å². The fourth-order valence-electron chi connectivity index (χ4n) is 2.33. The van der Waals surface area contributed by atoms with Crippen LogP contribution in [0.15, 0.2) is 0 Å². The van der Waals surface area contributed by atoms with Crippen LogP contribution in [0.2, 0.25) is 0 Å². The van der Waals surface area contributed by atoms with E-state index in [2.05, 4.69) is 44.3 Å². The lowest BCUT2D eigenvalue weighted by Crippen LogP contribution is -2.43. The molecule has 1 aromatic heterocycles. The van der Waals surface area contributed by atoms with E-state index in [1.165, 1.54) is 0 Å². The second kappa shape index (κ2) is 6.89. The zero-order valence-electron chi connectivity index (χ0n) is 13.2. The molecule has 7 heteroatoms. The molecular weight excluding hydrogens is 268 g/mol. The van der Waals surface area contributed by atoms with Crippen LogP contribution in [0.4, 0.5) is 17.8 Å². The van der Waals surface area contributed by atoms with Gasteiger partial charge in [-0.3, -0.25) is 0 Å². The highest BCUT2D eigenvalue weighted by molar-refractivity contribution is 5.43. The first-order valence-corrected chi connectivity index (χ1v) is 7.81. The quantitative estimate of drug-likeness (QED) is 0.669. The van der Waals surface area contributed by atoms with Crippen molar-refractivity contribution in [2.75, 3.05) is 41.7 Å². The molecule has 0 amide bonds. The fraction of sp³-hybridized carbons (Fsp3) is 0.786. The molecular formula is C14H26N6O. The Morgan fingerprint density at radius 2 is 1.67 bits per heavy atom. The van der Waals surface area contributed by atoms with Crippen molar-refractivity contribution in [3.05, 3.63) is 0 Å². The standard InChI is InChI=1S/C14H26N6O/c1-4-15-11-17-12(16-10-14(21)8-7-9-14)19-13(18-11)20(5-2)6-3/h21H,4-10H2,1-3H3,(H2,15,16,17,18,19). The zero-order valence-corrected chi connectivity index (χ0v) is 13.2. The monoisotopic (exact) mass is 294 g/mol. The Balaban J connectivity index is 2.14.